The summed E-state index contributed by atoms with van der Waals surface area (Å²) < 4.78 is 12.6. The molecule has 0 saturated carbocycles. The summed E-state index contributed by atoms with van der Waals surface area (Å²) >= 11 is 0. The van der Waals surface area contributed by atoms with E-state index in [9.17, 15) is 9.90 Å². The Morgan fingerprint density at radius 3 is 2.59 bits per heavy atom. The number of benzene rings is 1. The van der Waals surface area contributed by atoms with Crippen LogP contribution in [0, 0.1) is 20.8 Å². The molecule has 27 heavy (non-hydrogen) atoms. The Balaban J connectivity index is 2.06. The predicted octanol–water partition coefficient (Wildman–Crippen LogP) is 3.73. The Hall–Kier alpha value is -2.86. The van der Waals surface area contributed by atoms with Crippen LogP contribution in [0.2, 0.25) is 0 Å². The highest BCUT2D eigenvalue weighted by Crippen LogP contribution is 2.30. The maximum Gasteiger partial charge on any atom is 0.337 e. The Labute approximate surface area is 158 Å². The lowest BCUT2D eigenvalue weighted by Crippen LogP contribution is -2.05. The van der Waals surface area contributed by atoms with Gasteiger partial charge in [-0.1, -0.05) is 0 Å². The third-order valence-corrected chi connectivity index (χ3v) is 4.41. The van der Waals surface area contributed by atoms with E-state index < -0.39 is 5.97 Å². The van der Waals surface area contributed by atoms with Crippen LogP contribution >= 0.6 is 0 Å². The number of hydrogen-bond acceptors (Lipinski definition) is 4. The minimum Gasteiger partial charge on any atom is -0.491 e. The molecule has 0 aliphatic rings. The van der Waals surface area contributed by atoms with Crippen LogP contribution in [0.5, 0.6) is 5.75 Å². The van der Waals surface area contributed by atoms with Crippen LogP contribution in [-0.4, -0.2) is 41.0 Å². The zero-order valence-corrected chi connectivity index (χ0v) is 16.1. The van der Waals surface area contributed by atoms with E-state index in [-0.39, 0.29) is 5.56 Å². The zero-order valence-electron chi connectivity index (χ0n) is 16.1. The second kappa shape index (κ2) is 7.80. The summed E-state index contributed by atoms with van der Waals surface area (Å²) in [5, 5.41) is 10.3. The fourth-order valence-corrected chi connectivity index (χ4v) is 3.42. The van der Waals surface area contributed by atoms with E-state index in [1.54, 1.807) is 19.4 Å². The van der Waals surface area contributed by atoms with Crippen molar-refractivity contribution in [2.75, 3.05) is 20.3 Å². The highest BCUT2D eigenvalue weighted by atomic mass is 16.5. The quantitative estimate of drug-likeness (QED) is 0.643. The first-order chi connectivity index (χ1) is 12.9. The number of methoxy groups -OCH3 is 1. The van der Waals surface area contributed by atoms with Gasteiger partial charge in [-0.05, 0) is 56.2 Å². The van der Waals surface area contributed by atoms with Gasteiger partial charge in [0.05, 0.1) is 29.9 Å². The molecule has 0 aliphatic heterocycles. The van der Waals surface area contributed by atoms with Gasteiger partial charge in [-0.25, -0.2) is 4.79 Å². The molecule has 0 spiro atoms. The average molecular weight is 368 g/mol. The van der Waals surface area contributed by atoms with E-state index in [2.05, 4.69) is 4.98 Å². The van der Waals surface area contributed by atoms with Crippen LogP contribution in [-0.2, 0) is 11.3 Å². The lowest BCUT2D eigenvalue weighted by atomic mass is 10.1. The van der Waals surface area contributed by atoms with E-state index in [1.165, 1.54) is 0 Å². The van der Waals surface area contributed by atoms with Crippen molar-refractivity contribution in [3.05, 3.63) is 58.5 Å². The molecule has 0 fully saturated rings. The SMILES string of the molecule is COCCOc1cc(C)c2c(c1)c(C(=O)O)cn2Cc1cc(C)cc(C)n1. The highest BCUT2D eigenvalue weighted by Gasteiger charge is 2.18. The highest BCUT2D eigenvalue weighted by molar-refractivity contribution is 6.04. The topological polar surface area (TPSA) is 73.6 Å². The number of rotatable bonds is 7. The molecular formula is C21H24N2O4. The van der Waals surface area contributed by atoms with Crippen molar-refractivity contribution in [1.29, 1.82) is 0 Å². The molecule has 0 unspecified atom stereocenters. The minimum absolute atomic E-state index is 0.259. The fourth-order valence-electron chi connectivity index (χ4n) is 3.42. The van der Waals surface area contributed by atoms with Gasteiger partial charge in [0.2, 0.25) is 0 Å². The standard InChI is InChI=1S/C21H24N2O4/c1-13-7-15(3)22-16(8-13)11-23-12-19(21(24)25)18-10-17(27-6-5-26-4)9-14(2)20(18)23/h7-10,12H,5-6,11H2,1-4H3,(H,24,25). The molecule has 1 aromatic carbocycles. The van der Waals surface area contributed by atoms with Crippen LogP contribution in [0.1, 0.15) is 32.9 Å². The Bertz CT molecular complexity index is 971. The molecule has 142 valence electrons. The molecule has 0 radical (unpaired) electrons. The van der Waals surface area contributed by atoms with E-state index in [0.29, 0.717) is 30.9 Å². The number of hydrogen-bond donors (Lipinski definition) is 1. The van der Waals surface area contributed by atoms with Crippen molar-refractivity contribution in [2.24, 2.45) is 0 Å². The number of carboxylic acid groups (broad SMARTS) is 1. The van der Waals surface area contributed by atoms with Crippen molar-refractivity contribution in [2.45, 2.75) is 27.3 Å². The summed E-state index contributed by atoms with van der Waals surface area (Å²) in [4.78, 5) is 16.4. The Morgan fingerprint density at radius 2 is 1.93 bits per heavy atom. The van der Waals surface area contributed by atoms with Crippen LogP contribution in [0.25, 0.3) is 10.9 Å². The molecule has 3 rings (SSSR count). The first-order valence-electron chi connectivity index (χ1n) is 8.81. The molecule has 0 amide bonds. The summed E-state index contributed by atoms with van der Waals surface area (Å²) in [5.41, 5.74) is 5.09. The molecule has 2 heterocycles. The molecule has 0 bridgehead atoms. The molecule has 3 aromatic rings. The van der Waals surface area contributed by atoms with Crippen molar-refractivity contribution in [3.8, 4) is 5.75 Å². The van der Waals surface area contributed by atoms with Gasteiger partial charge < -0.3 is 19.1 Å². The van der Waals surface area contributed by atoms with Gasteiger partial charge in [-0.15, -0.1) is 0 Å². The number of nitrogens with zero attached hydrogens (tertiary/aromatic N) is 2. The van der Waals surface area contributed by atoms with Gasteiger partial charge >= 0.3 is 5.97 Å². The van der Waals surface area contributed by atoms with Crippen molar-refractivity contribution in [1.82, 2.24) is 9.55 Å². The van der Waals surface area contributed by atoms with Gasteiger partial charge in [-0.2, -0.15) is 0 Å². The van der Waals surface area contributed by atoms with Crippen LogP contribution in [0.15, 0.2) is 30.5 Å². The van der Waals surface area contributed by atoms with Gasteiger partial charge in [0.25, 0.3) is 0 Å². The largest absolute Gasteiger partial charge is 0.491 e. The van der Waals surface area contributed by atoms with Crippen LogP contribution < -0.4 is 4.74 Å². The molecule has 6 heteroatoms. The molecule has 1 N–H and O–H groups in total. The second-order valence-electron chi connectivity index (χ2n) is 6.73. The number of aryl methyl sites for hydroxylation is 3. The summed E-state index contributed by atoms with van der Waals surface area (Å²) in [6, 6.07) is 7.76. The first-order valence-corrected chi connectivity index (χ1v) is 8.81. The minimum atomic E-state index is -0.958. The monoisotopic (exact) mass is 368 g/mol. The molecule has 0 aliphatic carbocycles. The predicted molar refractivity (Wildman–Crippen MR) is 104 cm³/mol. The summed E-state index contributed by atoms with van der Waals surface area (Å²) in [5.74, 6) is -0.317. The van der Waals surface area contributed by atoms with E-state index in [4.69, 9.17) is 9.47 Å². The average Bonchev–Trinajstić information content (AvgIpc) is 2.93. The number of carbonyl (C=O) groups is 1. The molecule has 2 aromatic heterocycles. The van der Waals surface area contributed by atoms with Crippen LogP contribution in [0.4, 0.5) is 0 Å². The van der Waals surface area contributed by atoms with E-state index >= 15 is 0 Å². The lowest BCUT2D eigenvalue weighted by Gasteiger charge is -2.11. The van der Waals surface area contributed by atoms with Crippen molar-refractivity contribution < 1.29 is 19.4 Å². The molecule has 0 saturated heterocycles. The number of aromatic nitrogens is 2. The smallest absolute Gasteiger partial charge is 0.337 e. The third-order valence-electron chi connectivity index (χ3n) is 4.41. The molecule has 6 nitrogen and oxygen atoms in total. The van der Waals surface area contributed by atoms with Gasteiger partial charge in [-0.3, -0.25) is 4.98 Å². The van der Waals surface area contributed by atoms with Gasteiger partial charge in [0.1, 0.15) is 12.4 Å². The number of carboxylic acids is 1. The summed E-state index contributed by atoms with van der Waals surface area (Å²) in [6.07, 6.45) is 1.68. The normalized spacial score (nSPS) is 11.1. The Kier molecular flexibility index (Phi) is 5.46. The zero-order chi connectivity index (χ0) is 19.6. The fraction of sp³-hybridized carbons (Fsp3) is 0.333. The number of ether oxygens (including phenoxy) is 2. The lowest BCUT2D eigenvalue weighted by molar-refractivity contribution is 0.0699. The third kappa shape index (κ3) is 4.11. The first kappa shape index (κ1) is 18.9. The molecular weight excluding hydrogens is 344 g/mol. The summed E-state index contributed by atoms with van der Waals surface area (Å²) in [7, 11) is 1.61. The van der Waals surface area contributed by atoms with Crippen molar-refractivity contribution >= 4 is 16.9 Å². The second-order valence-corrected chi connectivity index (χ2v) is 6.73. The summed E-state index contributed by atoms with van der Waals surface area (Å²) in [6.45, 7) is 7.35. The van der Waals surface area contributed by atoms with E-state index in [0.717, 1.165) is 28.0 Å². The van der Waals surface area contributed by atoms with Crippen LogP contribution in [0.3, 0.4) is 0 Å². The Morgan fingerprint density at radius 1 is 1.15 bits per heavy atom. The number of aromatic carboxylic acids is 1. The van der Waals surface area contributed by atoms with E-state index in [1.807, 2.05) is 43.5 Å². The van der Waals surface area contributed by atoms with Gasteiger partial charge in [0, 0.05) is 24.4 Å². The molecule has 0 atom stereocenters. The number of pyridine rings is 1. The number of fused-ring (bicyclic) bond motifs is 1. The maximum atomic E-state index is 11.8. The van der Waals surface area contributed by atoms with Crippen molar-refractivity contribution in [3.63, 3.8) is 0 Å². The van der Waals surface area contributed by atoms with Gasteiger partial charge in [0.15, 0.2) is 0 Å². The maximum absolute atomic E-state index is 11.8.